The van der Waals surface area contributed by atoms with Gasteiger partial charge in [-0.3, -0.25) is 14.4 Å². The van der Waals surface area contributed by atoms with Gasteiger partial charge >= 0.3 is 0 Å². The fourth-order valence-electron chi connectivity index (χ4n) is 7.88. The first-order valence-corrected chi connectivity index (χ1v) is 23.6. The molecule has 1 aliphatic rings. The molecule has 7 rings (SSSR count). The van der Waals surface area contributed by atoms with Crippen LogP contribution < -0.4 is 4.72 Å². The molecule has 1 aromatic heterocycles. The zero-order chi connectivity index (χ0) is 45.9. The van der Waals surface area contributed by atoms with Crippen molar-refractivity contribution < 1.29 is 27.9 Å². The number of halogens is 4. The Hall–Kier alpha value is -4.99. The van der Waals surface area contributed by atoms with E-state index < -0.39 is 27.7 Å². The van der Waals surface area contributed by atoms with E-state index in [1.807, 2.05) is 43.1 Å². The van der Waals surface area contributed by atoms with Crippen LogP contribution in [0, 0.1) is 6.92 Å². The van der Waals surface area contributed by atoms with Crippen LogP contribution in [0.3, 0.4) is 0 Å². The Morgan fingerprint density at radius 1 is 0.875 bits per heavy atom. The maximum Gasteiger partial charge on any atom is 0.276 e. The van der Waals surface area contributed by atoms with Crippen molar-refractivity contribution in [2.75, 3.05) is 33.3 Å². The molecule has 0 fully saturated rings. The fourth-order valence-corrected chi connectivity index (χ4v) is 9.64. The number of aliphatic hydroxyl groups excluding tert-OH is 1. The zero-order valence-corrected chi connectivity index (χ0v) is 39.2. The highest BCUT2D eigenvalue weighted by Gasteiger charge is 2.34. The van der Waals surface area contributed by atoms with Gasteiger partial charge in [0.1, 0.15) is 0 Å². The molecular formula is C47H46Cl4N6O6S. The lowest BCUT2D eigenvalue weighted by molar-refractivity contribution is 0.0586. The summed E-state index contributed by atoms with van der Waals surface area (Å²) in [6.07, 6.45) is 2.02. The van der Waals surface area contributed by atoms with Crippen molar-refractivity contribution in [1.29, 1.82) is 0 Å². The number of rotatable bonds is 15. The average Bonchev–Trinajstić information content (AvgIpc) is 3.57. The number of hydrogen-bond acceptors (Lipinski definition) is 8. The van der Waals surface area contributed by atoms with Gasteiger partial charge in [0.05, 0.1) is 43.5 Å². The summed E-state index contributed by atoms with van der Waals surface area (Å²) < 4.78 is 31.0. The summed E-state index contributed by atoms with van der Waals surface area (Å²) in [4.78, 5) is 48.7. The Labute approximate surface area is 392 Å². The van der Waals surface area contributed by atoms with E-state index in [9.17, 15) is 23.1 Å². The number of sulfonamides is 1. The number of aliphatic hydroxyl groups is 1. The van der Waals surface area contributed by atoms with Gasteiger partial charge in [-0.25, -0.2) is 17.8 Å². The molecule has 334 valence electrons. The van der Waals surface area contributed by atoms with E-state index in [1.54, 1.807) is 59.2 Å². The third-order valence-corrected chi connectivity index (χ3v) is 14.2. The van der Waals surface area contributed by atoms with E-state index >= 15 is 4.79 Å². The molecular weight excluding hydrogens is 918 g/mol. The maximum atomic E-state index is 15.2. The quantitative estimate of drug-likeness (QED) is 0.104. The molecule has 1 unspecified atom stereocenters. The second-order valence-electron chi connectivity index (χ2n) is 15.8. The normalized spacial score (nSPS) is 13.9. The van der Waals surface area contributed by atoms with Gasteiger partial charge < -0.3 is 19.8 Å². The average molecular weight is 965 g/mol. The number of carbonyl (C=O) groups excluding carboxylic acids is 3. The number of benzene rings is 5. The standard InChI is InChI=1S/C47H46Cl4N6O6S/c1-4-5-19-55(26-30-13-17-40(49)41(50)22-30)47(61)44-43(51)29(2)57(52-44)42-18-15-33(45(59)53-64(62,63)36-16-14-31-11-8-12-39(48)37(31)25-36)24-38(42)46(60)56-27-34-10-7-6-9-32(34)23-35(56)28-54(3)20-21-58/h6-18,22,24-25,35,58H,4-5,19-21,23,26-28H2,1-3H3,(H,53,59). The van der Waals surface area contributed by atoms with Crippen molar-refractivity contribution in [1.82, 2.24) is 29.2 Å². The number of hydrogen-bond donors (Lipinski definition) is 2. The molecule has 6 aromatic rings. The lowest BCUT2D eigenvalue weighted by Crippen LogP contribution is -2.50. The summed E-state index contributed by atoms with van der Waals surface area (Å²) in [6, 6.07) is 26.4. The molecule has 64 heavy (non-hydrogen) atoms. The van der Waals surface area contributed by atoms with E-state index in [-0.39, 0.29) is 58.2 Å². The molecule has 5 aromatic carbocycles. The van der Waals surface area contributed by atoms with E-state index in [0.717, 1.165) is 28.5 Å². The maximum absolute atomic E-state index is 15.2. The highest BCUT2D eigenvalue weighted by Crippen LogP contribution is 2.32. The van der Waals surface area contributed by atoms with Crippen LogP contribution in [-0.4, -0.2) is 95.1 Å². The van der Waals surface area contributed by atoms with E-state index in [0.29, 0.717) is 58.6 Å². The number of unbranched alkanes of at least 4 members (excludes halogenated alkanes) is 1. The Kier molecular flexibility index (Phi) is 14.7. The molecule has 0 bridgehead atoms. The number of carbonyl (C=O) groups is 3. The van der Waals surface area contributed by atoms with Crippen molar-refractivity contribution in [2.45, 2.75) is 57.1 Å². The predicted octanol–water partition coefficient (Wildman–Crippen LogP) is 9.00. The summed E-state index contributed by atoms with van der Waals surface area (Å²) in [5.74, 6) is -1.91. The molecule has 0 radical (unpaired) electrons. The second kappa shape index (κ2) is 20.0. The molecule has 0 aliphatic carbocycles. The van der Waals surface area contributed by atoms with Crippen LogP contribution >= 0.6 is 46.4 Å². The summed E-state index contributed by atoms with van der Waals surface area (Å²) in [7, 11) is -2.56. The van der Waals surface area contributed by atoms with Crippen LogP contribution in [0.5, 0.6) is 0 Å². The van der Waals surface area contributed by atoms with Crippen molar-refractivity contribution >= 4 is 84.9 Å². The lowest BCUT2D eigenvalue weighted by Gasteiger charge is -2.39. The van der Waals surface area contributed by atoms with Gasteiger partial charge in [0.2, 0.25) is 0 Å². The van der Waals surface area contributed by atoms with Crippen LogP contribution in [0.1, 0.15) is 73.4 Å². The van der Waals surface area contributed by atoms with Gasteiger partial charge in [-0.1, -0.05) is 108 Å². The van der Waals surface area contributed by atoms with E-state index in [4.69, 9.17) is 51.5 Å². The SMILES string of the molecule is CCCCN(Cc1ccc(Cl)c(Cl)c1)C(=O)c1nn(-c2ccc(C(=O)NS(=O)(=O)c3ccc4cccc(Cl)c4c3)cc2C(=O)N2Cc3ccccc3CC2CN(C)CCO)c(C)c1Cl. The Balaban J connectivity index is 1.30. The molecule has 2 heterocycles. The predicted molar refractivity (Wildman–Crippen MR) is 251 cm³/mol. The minimum Gasteiger partial charge on any atom is -0.395 e. The van der Waals surface area contributed by atoms with E-state index in [1.165, 1.54) is 35.0 Å². The van der Waals surface area contributed by atoms with Gasteiger partial charge in [0.25, 0.3) is 27.7 Å². The highest BCUT2D eigenvalue weighted by molar-refractivity contribution is 7.90. The number of nitrogens with zero attached hydrogens (tertiary/aromatic N) is 5. The number of fused-ring (bicyclic) bond motifs is 2. The van der Waals surface area contributed by atoms with Crippen molar-refractivity contribution in [3.05, 3.63) is 156 Å². The van der Waals surface area contributed by atoms with Crippen molar-refractivity contribution in [3.63, 3.8) is 0 Å². The molecule has 1 aliphatic heterocycles. The monoisotopic (exact) mass is 962 g/mol. The van der Waals surface area contributed by atoms with Crippen LogP contribution in [-0.2, 0) is 29.5 Å². The Morgan fingerprint density at radius 3 is 2.38 bits per heavy atom. The molecule has 12 nitrogen and oxygen atoms in total. The molecule has 0 saturated heterocycles. The van der Waals surface area contributed by atoms with Gasteiger partial charge in [-0.2, -0.15) is 5.10 Å². The fraction of sp³-hybridized carbons (Fsp3) is 0.277. The first-order chi connectivity index (χ1) is 30.6. The van der Waals surface area contributed by atoms with Crippen molar-refractivity contribution in [3.8, 4) is 5.69 Å². The smallest absolute Gasteiger partial charge is 0.276 e. The third-order valence-electron chi connectivity index (χ3n) is 11.3. The van der Waals surface area contributed by atoms with Crippen LogP contribution in [0.2, 0.25) is 20.1 Å². The van der Waals surface area contributed by atoms with Gasteiger partial charge in [-0.05, 0) is 97.4 Å². The molecule has 17 heteroatoms. The topological polar surface area (TPSA) is 145 Å². The molecule has 3 amide bonds. The van der Waals surface area contributed by atoms with E-state index in [2.05, 4.69) is 4.72 Å². The highest BCUT2D eigenvalue weighted by atomic mass is 35.5. The summed E-state index contributed by atoms with van der Waals surface area (Å²) in [6.45, 7) is 5.22. The number of nitrogens with one attached hydrogen (secondary N) is 1. The summed E-state index contributed by atoms with van der Waals surface area (Å²) in [5.41, 5.74) is 3.16. The number of amides is 3. The van der Waals surface area contributed by atoms with Crippen LogP contribution in [0.15, 0.2) is 102 Å². The minimum absolute atomic E-state index is 0.0108. The van der Waals surface area contributed by atoms with Crippen LogP contribution in [0.25, 0.3) is 16.5 Å². The van der Waals surface area contributed by atoms with Gasteiger partial charge in [-0.15, -0.1) is 0 Å². The van der Waals surface area contributed by atoms with Crippen LogP contribution in [0.4, 0.5) is 0 Å². The van der Waals surface area contributed by atoms with Gasteiger partial charge in [0, 0.05) is 54.7 Å². The second-order valence-corrected chi connectivity index (χ2v) is 19.1. The first kappa shape index (κ1) is 47.0. The minimum atomic E-state index is -4.42. The lowest BCUT2D eigenvalue weighted by atomic mass is 9.92. The molecule has 0 spiro atoms. The third kappa shape index (κ3) is 10.1. The summed E-state index contributed by atoms with van der Waals surface area (Å²) >= 11 is 25.8. The molecule has 2 N–H and O–H groups in total. The molecule has 1 atom stereocenters. The number of likely N-dealkylation sites (N-methyl/N-ethyl adjacent to an activating group) is 1. The summed E-state index contributed by atoms with van der Waals surface area (Å²) in [5, 5.41) is 16.8. The Bertz CT molecular complexity index is 2870. The largest absolute Gasteiger partial charge is 0.395 e. The van der Waals surface area contributed by atoms with Gasteiger partial charge in [0.15, 0.2) is 5.69 Å². The Morgan fingerprint density at radius 2 is 1.64 bits per heavy atom. The first-order valence-electron chi connectivity index (χ1n) is 20.7. The number of aromatic nitrogens is 2. The van der Waals surface area contributed by atoms with Crippen molar-refractivity contribution in [2.24, 2.45) is 0 Å². The zero-order valence-electron chi connectivity index (χ0n) is 35.3. The molecule has 0 saturated carbocycles.